The fraction of sp³-hybridized carbons (Fsp3) is 0.500. The van der Waals surface area contributed by atoms with Crippen molar-refractivity contribution in [3.63, 3.8) is 0 Å². The van der Waals surface area contributed by atoms with E-state index in [0.29, 0.717) is 24.2 Å². The van der Waals surface area contributed by atoms with Crippen molar-refractivity contribution >= 4 is 11.9 Å². The Balaban J connectivity index is 1.67. The fourth-order valence-electron chi connectivity index (χ4n) is 2.72. The molecule has 5 nitrogen and oxygen atoms in total. The summed E-state index contributed by atoms with van der Waals surface area (Å²) in [5.41, 5.74) is -0.614. The molecule has 1 amide bonds. The van der Waals surface area contributed by atoms with Gasteiger partial charge in [0.2, 0.25) is 0 Å². The Morgan fingerprint density at radius 2 is 1.95 bits per heavy atom. The van der Waals surface area contributed by atoms with Crippen LogP contribution in [0.15, 0.2) is 24.3 Å². The third-order valence-electron chi connectivity index (χ3n) is 4.21. The highest BCUT2D eigenvalue weighted by atomic mass is 16.5. The summed E-state index contributed by atoms with van der Waals surface area (Å²) in [4.78, 5) is 23.3. The standard InChI is InChI=1S/C16H19NO4/c18-14(17-16(8-9-16)15(19)20)11-4-3-7-13(10-11)21-12-5-1-2-6-12/h3-4,7,10,12H,1-2,5-6,8-9H2,(H,17,18)(H,19,20). The van der Waals surface area contributed by atoms with Crippen LogP contribution < -0.4 is 10.1 Å². The van der Waals surface area contributed by atoms with Crippen molar-refractivity contribution in [3.8, 4) is 5.75 Å². The lowest BCUT2D eigenvalue weighted by Crippen LogP contribution is -2.43. The van der Waals surface area contributed by atoms with Crippen molar-refractivity contribution in [1.82, 2.24) is 5.32 Å². The van der Waals surface area contributed by atoms with Gasteiger partial charge >= 0.3 is 5.97 Å². The quantitative estimate of drug-likeness (QED) is 0.872. The molecule has 5 heteroatoms. The molecule has 2 saturated carbocycles. The maximum atomic E-state index is 12.2. The predicted octanol–water partition coefficient (Wildman–Crippen LogP) is 2.36. The molecule has 1 aromatic rings. The number of carbonyl (C=O) groups excluding carboxylic acids is 1. The van der Waals surface area contributed by atoms with E-state index in [4.69, 9.17) is 9.84 Å². The number of hydrogen-bond acceptors (Lipinski definition) is 3. The molecule has 2 fully saturated rings. The smallest absolute Gasteiger partial charge is 0.329 e. The summed E-state index contributed by atoms with van der Waals surface area (Å²) in [6.45, 7) is 0. The van der Waals surface area contributed by atoms with Gasteiger partial charge in [0, 0.05) is 5.56 Å². The number of carboxylic acid groups (broad SMARTS) is 1. The highest BCUT2D eigenvalue weighted by Crippen LogP contribution is 2.36. The maximum absolute atomic E-state index is 12.2. The summed E-state index contributed by atoms with van der Waals surface area (Å²) >= 11 is 0. The molecule has 112 valence electrons. The van der Waals surface area contributed by atoms with Crippen LogP contribution in [-0.4, -0.2) is 28.6 Å². The van der Waals surface area contributed by atoms with Crippen LogP contribution in [0.4, 0.5) is 0 Å². The van der Waals surface area contributed by atoms with E-state index in [1.54, 1.807) is 18.2 Å². The molecule has 2 N–H and O–H groups in total. The molecule has 2 aliphatic rings. The molecule has 0 bridgehead atoms. The molecule has 0 saturated heterocycles. The van der Waals surface area contributed by atoms with E-state index < -0.39 is 11.5 Å². The van der Waals surface area contributed by atoms with Gasteiger partial charge in [-0.15, -0.1) is 0 Å². The van der Waals surface area contributed by atoms with Gasteiger partial charge in [0.1, 0.15) is 11.3 Å². The summed E-state index contributed by atoms with van der Waals surface area (Å²) in [6.07, 6.45) is 5.70. The fourth-order valence-corrected chi connectivity index (χ4v) is 2.72. The van der Waals surface area contributed by atoms with Gasteiger partial charge in [-0.05, 0) is 56.7 Å². The zero-order valence-corrected chi connectivity index (χ0v) is 11.8. The first-order chi connectivity index (χ1) is 10.1. The Morgan fingerprint density at radius 1 is 1.24 bits per heavy atom. The molecule has 0 aromatic heterocycles. The third-order valence-corrected chi connectivity index (χ3v) is 4.21. The summed E-state index contributed by atoms with van der Waals surface area (Å²) in [5.74, 6) is -0.643. The van der Waals surface area contributed by atoms with Crippen molar-refractivity contribution < 1.29 is 19.4 Å². The molecule has 21 heavy (non-hydrogen) atoms. The number of rotatable bonds is 5. The Kier molecular flexibility index (Phi) is 3.57. The van der Waals surface area contributed by atoms with Crippen LogP contribution in [0.2, 0.25) is 0 Å². The highest BCUT2D eigenvalue weighted by Gasteiger charge is 2.51. The summed E-state index contributed by atoms with van der Waals surface area (Å²) in [5, 5.41) is 11.7. The minimum atomic E-state index is -1.06. The number of hydrogen-bond donors (Lipinski definition) is 2. The second-order valence-electron chi connectivity index (χ2n) is 5.89. The van der Waals surface area contributed by atoms with Gasteiger partial charge in [-0.25, -0.2) is 4.79 Å². The lowest BCUT2D eigenvalue weighted by atomic mass is 10.1. The van der Waals surface area contributed by atoms with Gasteiger partial charge in [0.05, 0.1) is 6.10 Å². The van der Waals surface area contributed by atoms with Gasteiger partial charge in [0.15, 0.2) is 0 Å². The second kappa shape index (κ2) is 5.39. The van der Waals surface area contributed by atoms with E-state index in [2.05, 4.69) is 5.32 Å². The molecule has 0 unspecified atom stereocenters. The van der Waals surface area contributed by atoms with Crippen molar-refractivity contribution in [2.75, 3.05) is 0 Å². The Hall–Kier alpha value is -2.04. The van der Waals surface area contributed by atoms with Crippen LogP contribution in [0.1, 0.15) is 48.9 Å². The Labute approximate surface area is 123 Å². The van der Waals surface area contributed by atoms with Gasteiger partial charge in [-0.3, -0.25) is 4.79 Å². The van der Waals surface area contributed by atoms with Crippen molar-refractivity contribution in [2.24, 2.45) is 0 Å². The van der Waals surface area contributed by atoms with Gasteiger partial charge < -0.3 is 15.2 Å². The Bertz CT molecular complexity index is 559. The zero-order chi connectivity index (χ0) is 14.9. The average Bonchev–Trinajstić information content (AvgIpc) is 3.07. The zero-order valence-electron chi connectivity index (χ0n) is 11.8. The maximum Gasteiger partial charge on any atom is 0.329 e. The lowest BCUT2D eigenvalue weighted by Gasteiger charge is -2.15. The van der Waals surface area contributed by atoms with Crippen LogP contribution in [0.3, 0.4) is 0 Å². The van der Waals surface area contributed by atoms with Gasteiger partial charge in [-0.2, -0.15) is 0 Å². The number of aliphatic carboxylic acids is 1. The number of nitrogens with one attached hydrogen (secondary N) is 1. The third kappa shape index (κ3) is 3.01. The topological polar surface area (TPSA) is 75.6 Å². The molecule has 0 aliphatic heterocycles. The molecule has 2 aliphatic carbocycles. The number of benzene rings is 1. The molecule has 0 atom stereocenters. The molecule has 0 radical (unpaired) electrons. The molecular formula is C16H19NO4. The van der Waals surface area contributed by atoms with Crippen LogP contribution in [0.25, 0.3) is 0 Å². The van der Waals surface area contributed by atoms with Crippen molar-refractivity contribution in [1.29, 1.82) is 0 Å². The summed E-state index contributed by atoms with van der Waals surface area (Å²) in [7, 11) is 0. The normalized spacial score (nSPS) is 20.0. The highest BCUT2D eigenvalue weighted by molar-refractivity contribution is 5.99. The minimum absolute atomic E-state index is 0.233. The van der Waals surface area contributed by atoms with E-state index in [-0.39, 0.29) is 12.0 Å². The summed E-state index contributed by atoms with van der Waals surface area (Å²) < 4.78 is 5.86. The number of ether oxygens (including phenoxy) is 1. The second-order valence-corrected chi connectivity index (χ2v) is 5.89. The lowest BCUT2D eigenvalue weighted by molar-refractivity contribution is -0.140. The molecular weight excluding hydrogens is 270 g/mol. The minimum Gasteiger partial charge on any atom is -0.490 e. The van der Waals surface area contributed by atoms with E-state index >= 15 is 0 Å². The van der Waals surface area contributed by atoms with E-state index in [1.165, 1.54) is 12.8 Å². The SMILES string of the molecule is O=C(NC1(C(=O)O)CC1)c1cccc(OC2CCCC2)c1. The van der Waals surface area contributed by atoms with Gasteiger partial charge in [-0.1, -0.05) is 6.07 Å². The van der Waals surface area contributed by atoms with Crippen LogP contribution in [0.5, 0.6) is 5.75 Å². The first kappa shape index (κ1) is 13.9. The van der Waals surface area contributed by atoms with Crippen molar-refractivity contribution in [2.45, 2.75) is 50.2 Å². The molecule has 0 heterocycles. The van der Waals surface area contributed by atoms with Crippen molar-refractivity contribution in [3.05, 3.63) is 29.8 Å². The number of carbonyl (C=O) groups is 2. The number of carboxylic acids is 1. The first-order valence-corrected chi connectivity index (χ1v) is 7.42. The molecule has 0 spiro atoms. The van der Waals surface area contributed by atoms with Crippen LogP contribution in [-0.2, 0) is 4.79 Å². The molecule has 3 rings (SSSR count). The average molecular weight is 289 g/mol. The first-order valence-electron chi connectivity index (χ1n) is 7.42. The van der Waals surface area contributed by atoms with E-state index in [1.807, 2.05) is 6.07 Å². The summed E-state index contributed by atoms with van der Waals surface area (Å²) in [6, 6.07) is 6.96. The van der Waals surface area contributed by atoms with Crippen LogP contribution >= 0.6 is 0 Å². The number of amides is 1. The van der Waals surface area contributed by atoms with Gasteiger partial charge in [0.25, 0.3) is 5.91 Å². The molecule has 1 aromatic carbocycles. The van der Waals surface area contributed by atoms with E-state index in [9.17, 15) is 9.59 Å². The predicted molar refractivity (Wildman–Crippen MR) is 76.4 cm³/mol. The Morgan fingerprint density at radius 3 is 2.57 bits per heavy atom. The monoisotopic (exact) mass is 289 g/mol. The van der Waals surface area contributed by atoms with E-state index in [0.717, 1.165) is 12.8 Å². The largest absolute Gasteiger partial charge is 0.490 e. The van der Waals surface area contributed by atoms with Crippen LogP contribution in [0, 0.1) is 0 Å².